The summed E-state index contributed by atoms with van der Waals surface area (Å²) in [6.07, 6.45) is 5.88. The van der Waals surface area contributed by atoms with Gasteiger partial charge in [-0.05, 0) is 42.7 Å². The molecule has 4 nitrogen and oxygen atoms in total. The first kappa shape index (κ1) is 21.5. The third kappa shape index (κ3) is 6.41. The molecule has 24 heavy (non-hydrogen) atoms. The SMILES string of the molecule is CN=C(NCCc1ccccc1Cl)NCC1(CCOC)CCC1.I. The summed E-state index contributed by atoms with van der Waals surface area (Å²) in [5.74, 6) is 0.862. The first-order chi connectivity index (χ1) is 11.2. The maximum Gasteiger partial charge on any atom is 0.191 e. The van der Waals surface area contributed by atoms with Gasteiger partial charge in [-0.15, -0.1) is 24.0 Å². The van der Waals surface area contributed by atoms with Gasteiger partial charge in [0.1, 0.15) is 0 Å². The Morgan fingerprint density at radius 1 is 1.29 bits per heavy atom. The largest absolute Gasteiger partial charge is 0.385 e. The highest BCUT2D eigenvalue weighted by molar-refractivity contribution is 14.0. The van der Waals surface area contributed by atoms with Crippen molar-refractivity contribution in [1.82, 2.24) is 10.6 Å². The van der Waals surface area contributed by atoms with Crippen molar-refractivity contribution in [2.75, 3.05) is 33.9 Å². The lowest BCUT2D eigenvalue weighted by Crippen LogP contribution is -2.47. The minimum absolute atomic E-state index is 0. The lowest BCUT2D eigenvalue weighted by atomic mass is 9.67. The number of aliphatic imine (C=N–C) groups is 1. The van der Waals surface area contributed by atoms with E-state index in [0.717, 1.165) is 49.1 Å². The monoisotopic (exact) mass is 465 g/mol. The molecule has 1 fully saturated rings. The molecule has 0 aliphatic heterocycles. The van der Waals surface area contributed by atoms with Gasteiger partial charge in [-0.2, -0.15) is 0 Å². The van der Waals surface area contributed by atoms with Gasteiger partial charge in [0, 0.05) is 38.9 Å². The molecule has 0 aromatic heterocycles. The molecule has 0 saturated heterocycles. The predicted octanol–water partition coefficient (Wildman–Crippen LogP) is 3.87. The number of halogens is 2. The molecule has 0 bridgehead atoms. The number of nitrogens with zero attached hydrogens (tertiary/aromatic N) is 1. The van der Waals surface area contributed by atoms with E-state index >= 15 is 0 Å². The summed E-state index contributed by atoms with van der Waals surface area (Å²) in [6, 6.07) is 7.97. The van der Waals surface area contributed by atoms with Gasteiger partial charge < -0.3 is 15.4 Å². The van der Waals surface area contributed by atoms with Crippen molar-refractivity contribution >= 4 is 41.5 Å². The van der Waals surface area contributed by atoms with Crippen LogP contribution in [0, 0.1) is 5.41 Å². The van der Waals surface area contributed by atoms with E-state index in [-0.39, 0.29) is 24.0 Å². The van der Waals surface area contributed by atoms with E-state index in [1.807, 2.05) is 25.2 Å². The normalized spacial score (nSPS) is 16.0. The Morgan fingerprint density at radius 2 is 2.04 bits per heavy atom. The Labute approximate surface area is 167 Å². The maximum absolute atomic E-state index is 6.18. The van der Waals surface area contributed by atoms with Crippen LogP contribution in [0.5, 0.6) is 0 Å². The zero-order chi connectivity index (χ0) is 16.5. The van der Waals surface area contributed by atoms with Crippen molar-refractivity contribution < 1.29 is 4.74 Å². The van der Waals surface area contributed by atoms with E-state index in [4.69, 9.17) is 16.3 Å². The molecule has 0 heterocycles. The standard InChI is InChI=1S/C18H28ClN3O.HI/c1-20-17(21-12-8-15-6-3-4-7-16(15)19)22-14-18(9-5-10-18)11-13-23-2;/h3-4,6-7H,5,8-14H2,1-2H3,(H2,20,21,22);1H. The Hall–Kier alpha value is -0.530. The molecule has 0 atom stereocenters. The van der Waals surface area contributed by atoms with E-state index < -0.39 is 0 Å². The summed E-state index contributed by atoms with van der Waals surface area (Å²) >= 11 is 6.18. The summed E-state index contributed by atoms with van der Waals surface area (Å²) in [5, 5.41) is 7.67. The average molecular weight is 466 g/mol. The molecule has 1 aliphatic rings. The lowest BCUT2D eigenvalue weighted by Gasteiger charge is -2.42. The molecule has 0 spiro atoms. The number of guanidine groups is 1. The van der Waals surface area contributed by atoms with Gasteiger partial charge in [-0.3, -0.25) is 4.99 Å². The van der Waals surface area contributed by atoms with Crippen molar-refractivity contribution in [2.45, 2.75) is 32.1 Å². The van der Waals surface area contributed by atoms with Crippen molar-refractivity contribution in [3.63, 3.8) is 0 Å². The van der Waals surface area contributed by atoms with Crippen molar-refractivity contribution in [1.29, 1.82) is 0 Å². The molecule has 2 rings (SSSR count). The van der Waals surface area contributed by atoms with Gasteiger partial charge in [-0.1, -0.05) is 36.2 Å². The van der Waals surface area contributed by atoms with Crippen LogP contribution in [0.25, 0.3) is 0 Å². The molecule has 136 valence electrons. The number of ether oxygens (including phenoxy) is 1. The summed E-state index contributed by atoms with van der Waals surface area (Å²) in [4.78, 5) is 4.31. The van der Waals surface area contributed by atoms with E-state index in [1.165, 1.54) is 19.3 Å². The summed E-state index contributed by atoms with van der Waals surface area (Å²) in [6.45, 7) is 2.61. The second-order valence-corrected chi connectivity index (χ2v) is 6.70. The van der Waals surface area contributed by atoms with Crippen molar-refractivity contribution in [3.8, 4) is 0 Å². The number of nitrogens with one attached hydrogen (secondary N) is 2. The molecule has 0 amide bonds. The number of hydrogen-bond donors (Lipinski definition) is 2. The first-order valence-corrected chi connectivity index (χ1v) is 8.74. The molecule has 2 N–H and O–H groups in total. The second kappa shape index (κ2) is 11.2. The summed E-state index contributed by atoms with van der Waals surface area (Å²) in [5.41, 5.74) is 1.55. The van der Waals surface area contributed by atoms with Gasteiger partial charge in [0.2, 0.25) is 0 Å². The Bertz CT molecular complexity index is 521. The van der Waals surface area contributed by atoms with E-state index in [2.05, 4.69) is 21.7 Å². The lowest BCUT2D eigenvalue weighted by molar-refractivity contribution is 0.0732. The molecular weight excluding hydrogens is 437 g/mol. The molecule has 6 heteroatoms. The number of benzene rings is 1. The minimum Gasteiger partial charge on any atom is -0.385 e. The van der Waals surface area contributed by atoms with Gasteiger partial charge in [-0.25, -0.2) is 0 Å². The van der Waals surface area contributed by atoms with Crippen LogP contribution in [0.15, 0.2) is 29.3 Å². The molecule has 1 saturated carbocycles. The number of methoxy groups -OCH3 is 1. The Morgan fingerprint density at radius 3 is 2.62 bits per heavy atom. The van der Waals surface area contributed by atoms with Gasteiger partial charge in [0.05, 0.1) is 0 Å². The van der Waals surface area contributed by atoms with Gasteiger partial charge in [0.25, 0.3) is 0 Å². The fourth-order valence-corrected chi connectivity index (χ4v) is 3.25. The zero-order valence-electron chi connectivity index (χ0n) is 14.6. The average Bonchev–Trinajstić information content (AvgIpc) is 2.53. The predicted molar refractivity (Wildman–Crippen MR) is 113 cm³/mol. The molecule has 1 aromatic rings. The number of hydrogen-bond acceptors (Lipinski definition) is 2. The Kier molecular flexibility index (Phi) is 10.0. The molecule has 0 unspecified atom stereocenters. The highest BCUT2D eigenvalue weighted by Gasteiger charge is 2.36. The van der Waals surface area contributed by atoms with Crippen LogP contribution in [-0.2, 0) is 11.2 Å². The van der Waals surface area contributed by atoms with Gasteiger partial charge in [0.15, 0.2) is 5.96 Å². The third-order valence-electron chi connectivity index (χ3n) is 4.75. The highest BCUT2D eigenvalue weighted by atomic mass is 127. The quantitative estimate of drug-likeness (QED) is 0.348. The van der Waals surface area contributed by atoms with Crippen LogP contribution in [0.2, 0.25) is 5.02 Å². The first-order valence-electron chi connectivity index (χ1n) is 8.36. The van der Waals surface area contributed by atoms with Crippen molar-refractivity contribution in [2.24, 2.45) is 10.4 Å². The van der Waals surface area contributed by atoms with Gasteiger partial charge >= 0.3 is 0 Å². The highest BCUT2D eigenvalue weighted by Crippen LogP contribution is 2.43. The zero-order valence-corrected chi connectivity index (χ0v) is 17.7. The topological polar surface area (TPSA) is 45.7 Å². The van der Waals surface area contributed by atoms with Crippen LogP contribution in [0.3, 0.4) is 0 Å². The summed E-state index contributed by atoms with van der Waals surface area (Å²) < 4.78 is 5.25. The summed E-state index contributed by atoms with van der Waals surface area (Å²) in [7, 11) is 3.59. The molecule has 1 aliphatic carbocycles. The maximum atomic E-state index is 6.18. The molecular formula is C18H29ClIN3O. The smallest absolute Gasteiger partial charge is 0.191 e. The third-order valence-corrected chi connectivity index (χ3v) is 5.12. The van der Waals surface area contributed by atoms with E-state index in [9.17, 15) is 0 Å². The minimum atomic E-state index is 0. The number of rotatable bonds is 8. The van der Waals surface area contributed by atoms with Crippen LogP contribution in [0.4, 0.5) is 0 Å². The fourth-order valence-electron chi connectivity index (χ4n) is 3.02. The van der Waals surface area contributed by atoms with E-state index in [1.54, 1.807) is 7.11 Å². The van der Waals surface area contributed by atoms with Crippen LogP contribution in [-0.4, -0.2) is 39.8 Å². The van der Waals surface area contributed by atoms with E-state index in [0.29, 0.717) is 5.41 Å². The second-order valence-electron chi connectivity index (χ2n) is 6.29. The molecule has 0 radical (unpaired) electrons. The van der Waals surface area contributed by atoms with Crippen LogP contribution in [0.1, 0.15) is 31.2 Å². The fraction of sp³-hybridized carbons (Fsp3) is 0.611. The Balaban J connectivity index is 0.00000288. The van der Waals surface area contributed by atoms with Crippen LogP contribution >= 0.6 is 35.6 Å². The molecule has 1 aromatic carbocycles. The van der Waals surface area contributed by atoms with Crippen molar-refractivity contribution in [3.05, 3.63) is 34.9 Å². The van der Waals surface area contributed by atoms with Crippen LogP contribution < -0.4 is 10.6 Å².